The molecule has 0 atom stereocenters. The lowest BCUT2D eigenvalue weighted by Crippen LogP contribution is -1.98. The van der Waals surface area contributed by atoms with E-state index in [1.54, 1.807) is 12.4 Å². The van der Waals surface area contributed by atoms with E-state index in [1.165, 1.54) is 16.5 Å². The lowest BCUT2D eigenvalue weighted by molar-refractivity contribution is 0.306. The highest BCUT2D eigenvalue weighted by Crippen LogP contribution is 2.25. The van der Waals surface area contributed by atoms with Gasteiger partial charge >= 0.3 is 0 Å². The Balaban J connectivity index is 1.92. The maximum absolute atomic E-state index is 5.82. The van der Waals surface area contributed by atoms with Crippen molar-refractivity contribution in [1.29, 1.82) is 0 Å². The van der Waals surface area contributed by atoms with Gasteiger partial charge in [-0.1, -0.05) is 18.2 Å². The molecular formula is C17H18N2O. The predicted octanol–water partition coefficient (Wildman–Crippen LogP) is 4.20. The molecule has 0 unspecified atom stereocenters. The summed E-state index contributed by atoms with van der Waals surface area (Å²) in [5.74, 6) is 0.800. The first-order chi connectivity index (χ1) is 9.75. The predicted molar refractivity (Wildman–Crippen MR) is 80.9 cm³/mol. The smallest absolute Gasteiger partial charge is 0.138 e. The van der Waals surface area contributed by atoms with Crippen molar-refractivity contribution in [3.63, 3.8) is 0 Å². The molecule has 2 heterocycles. The number of pyridine rings is 1. The van der Waals surface area contributed by atoms with E-state index in [0.717, 1.165) is 5.75 Å². The first-order valence-corrected chi connectivity index (χ1v) is 6.87. The minimum Gasteiger partial charge on any atom is -0.487 e. The Morgan fingerprint density at radius 2 is 2.00 bits per heavy atom. The van der Waals surface area contributed by atoms with Crippen molar-refractivity contribution in [2.75, 3.05) is 0 Å². The largest absolute Gasteiger partial charge is 0.487 e. The molecule has 2 aromatic heterocycles. The molecule has 3 rings (SSSR count). The summed E-state index contributed by atoms with van der Waals surface area (Å²) in [5, 5.41) is 1.25. The molecule has 20 heavy (non-hydrogen) atoms. The van der Waals surface area contributed by atoms with Gasteiger partial charge in [0.15, 0.2) is 0 Å². The maximum atomic E-state index is 5.82. The van der Waals surface area contributed by atoms with E-state index >= 15 is 0 Å². The molecule has 0 amide bonds. The van der Waals surface area contributed by atoms with Gasteiger partial charge in [0.1, 0.15) is 12.4 Å². The van der Waals surface area contributed by atoms with Gasteiger partial charge in [0.2, 0.25) is 0 Å². The molecule has 0 aliphatic rings. The van der Waals surface area contributed by atoms with Crippen molar-refractivity contribution in [3.8, 4) is 5.75 Å². The second-order valence-corrected chi connectivity index (χ2v) is 5.15. The molecule has 3 heteroatoms. The van der Waals surface area contributed by atoms with Crippen LogP contribution in [0.5, 0.6) is 5.75 Å². The molecule has 0 aliphatic heterocycles. The summed E-state index contributed by atoms with van der Waals surface area (Å²) in [4.78, 5) is 4.06. The SMILES string of the molecule is CC(C)n1cc(COc2cccnc2)c2ccccc21. The fraction of sp³-hybridized carbons (Fsp3) is 0.235. The fourth-order valence-electron chi connectivity index (χ4n) is 2.41. The molecule has 0 saturated carbocycles. The summed E-state index contributed by atoms with van der Waals surface area (Å²) in [7, 11) is 0. The first-order valence-electron chi connectivity index (χ1n) is 6.87. The average Bonchev–Trinajstić information content (AvgIpc) is 2.85. The van der Waals surface area contributed by atoms with Crippen LogP contribution in [-0.2, 0) is 6.61 Å². The van der Waals surface area contributed by atoms with Crippen molar-refractivity contribution in [2.45, 2.75) is 26.5 Å². The van der Waals surface area contributed by atoms with Gasteiger partial charge in [-0.2, -0.15) is 0 Å². The van der Waals surface area contributed by atoms with Gasteiger partial charge in [0, 0.05) is 34.9 Å². The number of benzene rings is 1. The molecule has 0 bridgehead atoms. The van der Waals surface area contributed by atoms with Crippen molar-refractivity contribution in [3.05, 3.63) is 60.6 Å². The average molecular weight is 266 g/mol. The van der Waals surface area contributed by atoms with Gasteiger partial charge in [0.05, 0.1) is 6.20 Å². The van der Waals surface area contributed by atoms with Crippen LogP contribution in [0.25, 0.3) is 10.9 Å². The highest BCUT2D eigenvalue weighted by molar-refractivity contribution is 5.84. The standard InChI is InChI=1S/C17H18N2O/c1-13(2)19-11-14(16-7-3-4-8-17(16)19)12-20-15-6-5-9-18-10-15/h3-11,13H,12H2,1-2H3. The van der Waals surface area contributed by atoms with Crippen LogP contribution >= 0.6 is 0 Å². The van der Waals surface area contributed by atoms with E-state index < -0.39 is 0 Å². The van der Waals surface area contributed by atoms with Gasteiger partial charge in [-0.3, -0.25) is 4.98 Å². The lowest BCUT2D eigenvalue weighted by Gasteiger charge is -2.08. The molecular weight excluding hydrogens is 248 g/mol. The zero-order chi connectivity index (χ0) is 13.9. The second kappa shape index (κ2) is 5.37. The summed E-state index contributed by atoms with van der Waals surface area (Å²) in [5.41, 5.74) is 2.46. The third-order valence-electron chi connectivity index (χ3n) is 3.41. The van der Waals surface area contributed by atoms with Crippen molar-refractivity contribution >= 4 is 10.9 Å². The maximum Gasteiger partial charge on any atom is 0.138 e. The Hall–Kier alpha value is -2.29. The second-order valence-electron chi connectivity index (χ2n) is 5.15. The Kier molecular flexibility index (Phi) is 3.42. The summed E-state index contributed by atoms with van der Waals surface area (Å²) in [6.45, 7) is 4.95. The topological polar surface area (TPSA) is 27.1 Å². The molecule has 0 N–H and O–H groups in total. The molecule has 1 aromatic carbocycles. The highest BCUT2D eigenvalue weighted by atomic mass is 16.5. The van der Waals surface area contributed by atoms with E-state index in [0.29, 0.717) is 12.6 Å². The number of aromatic nitrogens is 2. The minimum absolute atomic E-state index is 0.437. The van der Waals surface area contributed by atoms with E-state index in [2.05, 4.69) is 53.9 Å². The van der Waals surface area contributed by atoms with Gasteiger partial charge in [-0.05, 0) is 32.0 Å². The van der Waals surface area contributed by atoms with Crippen molar-refractivity contribution < 1.29 is 4.74 Å². The fourth-order valence-corrected chi connectivity index (χ4v) is 2.41. The minimum atomic E-state index is 0.437. The Morgan fingerprint density at radius 3 is 2.75 bits per heavy atom. The number of hydrogen-bond donors (Lipinski definition) is 0. The van der Waals surface area contributed by atoms with E-state index in [4.69, 9.17) is 4.74 Å². The molecule has 0 fully saturated rings. The Bertz CT molecular complexity index is 701. The lowest BCUT2D eigenvalue weighted by atomic mass is 10.2. The molecule has 0 aliphatic carbocycles. The molecule has 102 valence electrons. The van der Waals surface area contributed by atoms with Gasteiger partial charge in [-0.25, -0.2) is 0 Å². The van der Waals surface area contributed by atoms with Crippen LogP contribution in [0.2, 0.25) is 0 Å². The highest BCUT2D eigenvalue weighted by Gasteiger charge is 2.10. The van der Waals surface area contributed by atoms with Crippen LogP contribution in [0.1, 0.15) is 25.5 Å². The Morgan fingerprint density at radius 1 is 1.15 bits per heavy atom. The van der Waals surface area contributed by atoms with Gasteiger partial charge < -0.3 is 9.30 Å². The molecule has 0 saturated heterocycles. The number of hydrogen-bond acceptors (Lipinski definition) is 2. The summed E-state index contributed by atoms with van der Waals surface area (Å²) < 4.78 is 8.11. The summed E-state index contributed by atoms with van der Waals surface area (Å²) in [6, 6.07) is 12.7. The first kappa shape index (κ1) is 12.7. The van der Waals surface area contributed by atoms with E-state index in [9.17, 15) is 0 Å². The molecule has 3 nitrogen and oxygen atoms in total. The van der Waals surface area contributed by atoms with Crippen molar-refractivity contribution in [1.82, 2.24) is 9.55 Å². The van der Waals surface area contributed by atoms with Gasteiger partial charge in [-0.15, -0.1) is 0 Å². The third kappa shape index (κ3) is 2.39. The zero-order valence-corrected chi connectivity index (χ0v) is 11.8. The summed E-state index contributed by atoms with van der Waals surface area (Å²) >= 11 is 0. The number of ether oxygens (including phenoxy) is 1. The van der Waals surface area contributed by atoms with Crippen molar-refractivity contribution in [2.24, 2.45) is 0 Å². The summed E-state index contributed by atoms with van der Waals surface area (Å²) in [6.07, 6.45) is 5.67. The number of rotatable bonds is 4. The molecule has 3 aromatic rings. The van der Waals surface area contributed by atoms with Crippen LogP contribution in [0, 0.1) is 0 Å². The Labute approximate surface area is 118 Å². The quantitative estimate of drug-likeness (QED) is 0.707. The number of nitrogens with zero attached hydrogens (tertiary/aromatic N) is 2. The van der Waals surface area contributed by atoms with Crippen LogP contribution in [0.3, 0.4) is 0 Å². The monoisotopic (exact) mass is 266 g/mol. The van der Waals surface area contributed by atoms with Gasteiger partial charge in [0.25, 0.3) is 0 Å². The molecule has 0 spiro atoms. The number of fused-ring (bicyclic) bond motifs is 1. The van der Waals surface area contributed by atoms with Crippen LogP contribution in [0.15, 0.2) is 55.0 Å². The zero-order valence-electron chi connectivity index (χ0n) is 11.8. The van der Waals surface area contributed by atoms with E-state index in [1.807, 2.05) is 12.1 Å². The van der Waals surface area contributed by atoms with E-state index in [-0.39, 0.29) is 0 Å². The van der Waals surface area contributed by atoms with Crippen LogP contribution < -0.4 is 4.74 Å². The molecule has 0 radical (unpaired) electrons. The van der Waals surface area contributed by atoms with Crippen LogP contribution in [-0.4, -0.2) is 9.55 Å². The normalized spacial score (nSPS) is 11.2. The van der Waals surface area contributed by atoms with Crippen LogP contribution in [0.4, 0.5) is 0 Å². The third-order valence-corrected chi connectivity index (χ3v) is 3.41. The number of para-hydroxylation sites is 1.